The van der Waals surface area contributed by atoms with E-state index in [0.29, 0.717) is 13.1 Å². The van der Waals surface area contributed by atoms with E-state index in [1.165, 1.54) is 0 Å². The first kappa shape index (κ1) is 7.10. The minimum absolute atomic E-state index is 0.101. The second-order valence-electron chi connectivity index (χ2n) is 2.20. The monoisotopic (exact) mass is 138 g/mol. The van der Waals surface area contributed by atoms with Gasteiger partial charge in [-0.3, -0.25) is 4.79 Å². The molecule has 0 aromatic rings. The molecule has 1 aliphatic heterocycles. The largest absolute Gasteiger partial charge is 0.329 e. The first-order chi connectivity index (χ1) is 4.84. The molecule has 1 N–H and O–H groups in total. The summed E-state index contributed by atoms with van der Waals surface area (Å²) in [4.78, 5) is 12.6. The summed E-state index contributed by atoms with van der Waals surface area (Å²) in [7, 11) is 0. The van der Waals surface area contributed by atoms with Gasteiger partial charge in [0.1, 0.15) is 0 Å². The molecule has 0 atom stereocenters. The zero-order chi connectivity index (χ0) is 7.40. The predicted molar refractivity (Wildman–Crippen MR) is 38.3 cm³/mol. The lowest BCUT2D eigenvalue weighted by Crippen LogP contribution is -2.47. The third-order valence-electron chi connectivity index (χ3n) is 1.47. The predicted octanol–water partition coefficient (Wildman–Crippen LogP) is -0.949. The summed E-state index contributed by atoms with van der Waals surface area (Å²) >= 11 is 0. The lowest BCUT2D eigenvalue weighted by Gasteiger charge is -2.24. The van der Waals surface area contributed by atoms with Crippen molar-refractivity contribution in [3.8, 4) is 12.3 Å². The van der Waals surface area contributed by atoms with Gasteiger partial charge in [-0.15, -0.1) is 6.42 Å². The van der Waals surface area contributed by atoms with Crippen LogP contribution in [0, 0.1) is 12.3 Å². The van der Waals surface area contributed by atoms with Gasteiger partial charge in [0.25, 0.3) is 0 Å². The molecule has 1 rings (SSSR count). The summed E-state index contributed by atoms with van der Waals surface area (Å²) in [5.41, 5.74) is 0. The highest BCUT2D eigenvalue weighted by Gasteiger charge is 2.15. The first-order valence-electron chi connectivity index (χ1n) is 3.26. The summed E-state index contributed by atoms with van der Waals surface area (Å²) in [6.07, 6.45) is 5.06. The molecule has 0 bridgehead atoms. The number of hydrogen-bond donors (Lipinski definition) is 1. The van der Waals surface area contributed by atoms with Crippen molar-refractivity contribution in [2.45, 2.75) is 0 Å². The van der Waals surface area contributed by atoms with E-state index in [1.807, 2.05) is 0 Å². The fourth-order valence-electron chi connectivity index (χ4n) is 0.923. The average Bonchev–Trinajstić information content (AvgIpc) is 1.94. The van der Waals surface area contributed by atoms with Crippen LogP contribution in [0.1, 0.15) is 0 Å². The van der Waals surface area contributed by atoms with Gasteiger partial charge in [-0.25, -0.2) is 0 Å². The molecule has 0 aliphatic carbocycles. The molecule has 1 amide bonds. The van der Waals surface area contributed by atoms with Crippen LogP contribution in [0.5, 0.6) is 0 Å². The summed E-state index contributed by atoms with van der Waals surface area (Å²) in [5, 5.41) is 2.96. The number of amides is 1. The van der Waals surface area contributed by atoms with E-state index in [2.05, 4.69) is 11.2 Å². The molecule has 0 radical (unpaired) electrons. The number of hydrogen-bond acceptors (Lipinski definition) is 2. The van der Waals surface area contributed by atoms with Crippen LogP contribution in [0.3, 0.4) is 0 Å². The van der Waals surface area contributed by atoms with Gasteiger partial charge >= 0.3 is 0 Å². The molecule has 1 heterocycles. The molecular formula is C7H10N2O. The molecule has 3 heteroatoms. The van der Waals surface area contributed by atoms with Crippen molar-refractivity contribution in [1.82, 2.24) is 10.2 Å². The van der Waals surface area contributed by atoms with E-state index in [-0.39, 0.29) is 5.91 Å². The Hall–Kier alpha value is -1.01. The van der Waals surface area contributed by atoms with E-state index in [4.69, 9.17) is 6.42 Å². The van der Waals surface area contributed by atoms with Crippen molar-refractivity contribution in [2.75, 3.05) is 26.2 Å². The van der Waals surface area contributed by atoms with Crippen molar-refractivity contribution in [3.05, 3.63) is 0 Å². The fraction of sp³-hybridized carbons (Fsp3) is 0.571. The minimum atomic E-state index is 0.101. The molecule has 54 valence electrons. The van der Waals surface area contributed by atoms with E-state index >= 15 is 0 Å². The van der Waals surface area contributed by atoms with Gasteiger partial charge < -0.3 is 10.2 Å². The fourth-order valence-corrected chi connectivity index (χ4v) is 0.923. The van der Waals surface area contributed by atoms with Crippen LogP contribution < -0.4 is 5.32 Å². The lowest BCUT2D eigenvalue weighted by molar-refractivity contribution is -0.131. The highest BCUT2D eigenvalue weighted by Crippen LogP contribution is 1.91. The number of terminal acetylenes is 1. The van der Waals surface area contributed by atoms with Crippen molar-refractivity contribution in [2.24, 2.45) is 0 Å². The first-order valence-corrected chi connectivity index (χ1v) is 3.26. The number of carbonyl (C=O) groups excluding carboxylic acids is 1. The third kappa shape index (κ3) is 1.49. The van der Waals surface area contributed by atoms with Crippen molar-refractivity contribution >= 4 is 5.91 Å². The normalized spacial score (nSPS) is 18.7. The molecule has 10 heavy (non-hydrogen) atoms. The Balaban J connectivity index is 2.42. The quantitative estimate of drug-likeness (QED) is 0.474. The molecular weight excluding hydrogens is 128 g/mol. The van der Waals surface area contributed by atoms with Crippen LogP contribution in [0.4, 0.5) is 0 Å². The molecule has 1 fully saturated rings. The maximum Gasteiger partial charge on any atom is 0.237 e. The van der Waals surface area contributed by atoms with Crippen molar-refractivity contribution < 1.29 is 4.79 Å². The van der Waals surface area contributed by atoms with E-state index in [0.717, 1.165) is 13.1 Å². The van der Waals surface area contributed by atoms with Gasteiger partial charge in [-0.1, -0.05) is 5.92 Å². The van der Waals surface area contributed by atoms with Crippen LogP contribution in [0.15, 0.2) is 0 Å². The number of carbonyl (C=O) groups is 1. The molecule has 0 aromatic carbocycles. The zero-order valence-corrected chi connectivity index (χ0v) is 5.76. The molecule has 0 spiro atoms. The smallest absolute Gasteiger partial charge is 0.237 e. The van der Waals surface area contributed by atoms with E-state index < -0.39 is 0 Å². The topological polar surface area (TPSA) is 32.3 Å². The van der Waals surface area contributed by atoms with Crippen LogP contribution in [-0.4, -0.2) is 37.0 Å². The standard InChI is InChI=1S/C7H10N2O/c1-2-4-9-5-3-8-6-7(9)10/h1,8H,3-6H2. The lowest BCUT2D eigenvalue weighted by atomic mass is 10.3. The van der Waals surface area contributed by atoms with E-state index in [9.17, 15) is 4.79 Å². The summed E-state index contributed by atoms with van der Waals surface area (Å²) in [6.45, 7) is 2.47. The zero-order valence-electron chi connectivity index (χ0n) is 5.76. The highest BCUT2D eigenvalue weighted by atomic mass is 16.2. The van der Waals surface area contributed by atoms with Gasteiger partial charge in [-0.2, -0.15) is 0 Å². The molecule has 1 aliphatic rings. The van der Waals surface area contributed by atoms with Crippen molar-refractivity contribution in [1.29, 1.82) is 0 Å². The number of nitrogens with zero attached hydrogens (tertiary/aromatic N) is 1. The Kier molecular flexibility index (Phi) is 2.30. The van der Waals surface area contributed by atoms with Gasteiger partial charge in [0, 0.05) is 13.1 Å². The molecule has 0 saturated carbocycles. The Bertz CT molecular complexity index is 171. The number of rotatable bonds is 1. The second-order valence-corrected chi connectivity index (χ2v) is 2.20. The summed E-state index contributed by atoms with van der Waals surface area (Å²) < 4.78 is 0. The maximum absolute atomic E-state index is 11.0. The van der Waals surface area contributed by atoms with Gasteiger partial charge in [0.2, 0.25) is 5.91 Å². The SMILES string of the molecule is C#CCN1CCNCC1=O. The molecule has 1 saturated heterocycles. The molecule has 3 nitrogen and oxygen atoms in total. The van der Waals surface area contributed by atoms with Crippen LogP contribution >= 0.6 is 0 Å². The number of nitrogens with one attached hydrogen (secondary N) is 1. The molecule has 0 aromatic heterocycles. The summed E-state index contributed by atoms with van der Waals surface area (Å²) in [5.74, 6) is 2.55. The minimum Gasteiger partial charge on any atom is -0.329 e. The Morgan fingerprint density at radius 1 is 1.80 bits per heavy atom. The van der Waals surface area contributed by atoms with Crippen LogP contribution in [0.2, 0.25) is 0 Å². The third-order valence-corrected chi connectivity index (χ3v) is 1.47. The van der Waals surface area contributed by atoms with Gasteiger partial charge in [-0.05, 0) is 0 Å². The van der Waals surface area contributed by atoms with Gasteiger partial charge in [0.15, 0.2) is 0 Å². The van der Waals surface area contributed by atoms with Crippen LogP contribution in [0.25, 0.3) is 0 Å². The Morgan fingerprint density at radius 3 is 3.20 bits per heavy atom. The van der Waals surface area contributed by atoms with Gasteiger partial charge in [0.05, 0.1) is 13.1 Å². The maximum atomic E-state index is 11.0. The second kappa shape index (κ2) is 3.23. The summed E-state index contributed by atoms with van der Waals surface area (Å²) in [6, 6.07) is 0. The Labute approximate surface area is 60.4 Å². The van der Waals surface area contributed by atoms with Crippen LogP contribution in [-0.2, 0) is 4.79 Å². The molecule has 0 unspecified atom stereocenters. The average molecular weight is 138 g/mol. The highest BCUT2D eigenvalue weighted by molar-refractivity contribution is 5.79. The Morgan fingerprint density at radius 2 is 2.60 bits per heavy atom. The van der Waals surface area contributed by atoms with E-state index in [1.54, 1.807) is 4.90 Å². The van der Waals surface area contributed by atoms with Crippen molar-refractivity contribution in [3.63, 3.8) is 0 Å². The number of piperazine rings is 1.